The van der Waals surface area contributed by atoms with E-state index < -0.39 is 5.79 Å². The predicted octanol–water partition coefficient (Wildman–Crippen LogP) is 6.39. The highest BCUT2D eigenvalue weighted by Crippen LogP contribution is 2.69. The molecule has 0 aromatic carbocycles. The molecule has 9 atom stereocenters. The van der Waals surface area contributed by atoms with Crippen LogP contribution in [0, 0.1) is 34.5 Å². The van der Waals surface area contributed by atoms with Crippen molar-refractivity contribution in [2.24, 2.45) is 39.6 Å². The van der Waals surface area contributed by atoms with E-state index >= 15 is 0 Å². The third kappa shape index (κ3) is 2.70. The van der Waals surface area contributed by atoms with Gasteiger partial charge in [-0.1, -0.05) is 30.6 Å². The molecule has 0 spiro atoms. The normalized spacial score (nSPS) is 54.1. The van der Waals surface area contributed by atoms with Crippen molar-refractivity contribution in [3.05, 3.63) is 22.1 Å². The van der Waals surface area contributed by atoms with Gasteiger partial charge in [-0.3, -0.25) is 0 Å². The van der Waals surface area contributed by atoms with Crippen LogP contribution in [0.15, 0.2) is 16.8 Å². The lowest BCUT2D eigenvalue weighted by Gasteiger charge is -2.63. The second-order valence-electron chi connectivity index (χ2n) is 11.4. The summed E-state index contributed by atoms with van der Waals surface area (Å²) >= 11 is 0. The molecular formula is C24H37N3O2. The van der Waals surface area contributed by atoms with Crippen LogP contribution in [0.1, 0.15) is 79.6 Å². The number of hydrogen-bond donors (Lipinski definition) is 0. The first kappa shape index (κ1) is 19.9. The van der Waals surface area contributed by atoms with Crippen LogP contribution in [0.2, 0.25) is 0 Å². The van der Waals surface area contributed by atoms with Crippen molar-refractivity contribution >= 4 is 0 Å². The molecule has 0 bridgehead atoms. The van der Waals surface area contributed by atoms with Gasteiger partial charge in [-0.05, 0) is 106 Å². The van der Waals surface area contributed by atoms with Crippen molar-refractivity contribution in [2.45, 2.75) is 104 Å². The summed E-state index contributed by atoms with van der Waals surface area (Å²) in [7, 11) is 0. The van der Waals surface area contributed by atoms with Gasteiger partial charge in [0.05, 0.1) is 12.2 Å². The molecule has 5 aliphatic rings. The summed E-state index contributed by atoms with van der Waals surface area (Å²) in [6.07, 6.45) is 11.0. The molecule has 1 heterocycles. The molecule has 0 N–H and O–H groups in total. The summed E-state index contributed by atoms with van der Waals surface area (Å²) in [6.45, 7) is 11.4. The molecule has 5 nitrogen and oxygen atoms in total. The minimum atomic E-state index is -0.521. The average molecular weight is 400 g/mol. The van der Waals surface area contributed by atoms with Gasteiger partial charge in [0.15, 0.2) is 5.79 Å². The molecule has 0 radical (unpaired) electrons. The van der Waals surface area contributed by atoms with E-state index in [0.717, 1.165) is 19.3 Å². The van der Waals surface area contributed by atoms with E-state index in [4.69, 9.17) is 15.0 Å². The quantitative estimate of drug-likeness (QED) is 0.222. The first-order valence-electron chi connectivity index (χ1n) is 11.8. The van der Waals surface area contributed by atoms with Crippen LogP contribution < -0.4 is 0 Å². The van der Waals surface area contributed by atoms with E-state index in [1.807, 2.05) is 0 Å². The number of hydrogen-bond acceptors (Lipinski definition) is 3. The molecule has 4 unspecified atom stereocenters. The highest BCUT2D eigenvalue weighted by molar-refractivity contribution is 5.25. The van der Waals surface area contributed by atoms with Crippen molar-refractivity contribution in [3.8, 4) is 0 Å². The van der Waals surface area contributed by atoms with Crippen LogP contribution in [0.3, 0.4) is 0 Å². The van der Waals surface area contributed by atoms with Gasteiger partial charge in [-0.25, -0.2) is 0 Å². The minimum Gasteiger partial charge on any atom is -0.344 e. The topological polar surface area (TPSA) is 67.2 Å². The second kappa shape index (κ2) is 6.48. The number of ether oxygens (including phenoxy) is 2. The highest BCUT2D eigenvalue weighted by atomic mass is 16.8. The standard InChI is InChI=1S/C24H37N3O2/c1-6-14-7-8-16-19-17(10-12-23(14,16)4)24(5)11-9-15(26-27-25)13-18(24)20-21(19)29-22(2,3)28-20/h6,15-21H,7-13H2,1-5H3/t15-,16?,17?,18?,19?,20-,21-,23-,24-/m1/s1. The fourth-order valence-electron chi connectivity index (χ4n) is 8.66. The van der Waals surface area contributed by atoms with Crippen molar-refractivity contribution in [1.82, 2.24) is 0 Å². The lowest BCUT2D eigenvalue weighted by Crippen LogP contribution is -2.63. The van der Waals surface area contributed by atoms with Crippen LogP contribution in [-0.2, 0) is 9.47 Å². The minimum absolute atomic E-state index is 0.109. The monoisotopic (exact) mass is 399 g/mol. The Labute approximate surface area is 175 Å². The smallest absolute Gasteiger partial charge is 0.163 e. The maximum absolute atomic E-state index is 9.01. The Balaban J connectivity index is 1.57. The molecule has 1 aliphatic heterocycles. The summed E-state index contributed by atoms with van der Waals surface area (Å²) in [4.78, 5) is 3.13. The zero-order chi connectivity index (χ0) is 20.6. The summed E-state index contributed by atoms with van der Waals surface area (Å²) in [5.74, 6) is 1.87. The Morgan fingerprint density at radius 1 is 1.00 bits per heavy atom. The summed E-state index contributed by atoms with van der Waals surface area (Å²) in [5, 5.41) is 4.12. The first-order valence-corrected chi connectivity index (χ1v) is 11.8. The third-order valence-corrected chi connectivity index (χ3v) is 9.92. The molecule has 0 aromatic rings. The fourth-order valence-corrected chi connectivity index (χ4v) is 8.66. The second-order valence-corrected chi connectivity index (χ2v) is 11.4. The fraction of sp³-hybridized carbons (Fsp3) is 0.917. The molecule has 0 amide bonds. The number of fused-ring (bicyclic) bond motifs is 8. The number of rotatable bonds is 1. The Morgan fingerprint density at radius 2 is 1.76 bits per heavy atom. The SMILES string of the molecule is CC=C1CCC2C3C(CC[C@]12C)[C@@]1(C)CC[C@@H](N=[N+]=[N-])CC1[C@H]1OC(C)(C)O[C@H]31. The molecule has 1 saturated heterocycles. The average Bonchev–Trinajstić information content (AvgIpc) is 3.18. The van der Waals surface area contributed by atoms with Crippen molar-refractivity contribution in [3.63, 3.8) is 0 Å². The number of azide groups is 1. The predicted molar refractivity (Wildman–Crippen MR) is 113 cm³/mol. The van der Waals surface area contributed by atoms with Crippen LogP contribution in [0.5, 0.6) is 0 Å². The largest absolute Gasteiger partial charge is 0.344 e. The maximum Gasteiger partial charge on any atom is 0.163 e. The molecule has 5 fully saturated rings. The van der Waals surface area contributed by atoms with Gasteiger partial charge in [-0.2, -0.15) is 0 Å². The van der Waals surface area contributed by atoms with Crippen molar-refractivity contribution in [1.29, 1.82) is 0 Å². The van der Waals surface area contributed by atoms with Crippen molar-refractivity contribution < 1.29 is 9.47 Å². The molecule has 29 heavy (non-hydrogen) atoms. The lowest BCUT2D eigenvalue weighted by molar-refractivity contribution is -0.173. The molecule has 160 valence electrons. The molecule has 5 heteroatoms. The Bertz CT molecular complexity index is 772. The first-order chi connectivity index (χ1) is 13.7. The van der Waals surface area contributed by atoms with Crippen LogP contribution in [0.4, 0.5) is 0 Å². The van der Waals surface area contributed by atoms with E-state index in [0.29, 0.717) is 29.1 Å². The summed E-state index contributed by atoms with van der Waals surface area (Å²) in [6, 6.07) is 0.109. The summed E-state index contributed by atoms with van der Waals surface area (Å²) in [5.41, 5.74) is 11.3. The number of nitrogens with zero attached hydrogens (tertiary/aromatic N) is 3. The van der Waals surface area contributed by atoms with E-state index in [2.05, 4.69) is 50.7 Å². The van der Waals surface area contributed by atoms with Crippen LogP contribution >= 0.6 is 0 Å². The van der Waals surface area contributed by atoms with Crippen LogP contribution in [-0.4, -0.2) is 24.0 Å². The lowest BCUT2D eigenvalue weighted by atomic mass is 9.43. The van der Waals surface area contributed by atoms with E-state index in [1.54, 1.807) is 5.57 Å². The van der Waals surface area contributed by atoms with Crippen molar-refractivity contribution in [2.75, 3.05) is 0 Å². The summed E-state index contributed by atoms with van der Waals surface area (Å²) < 4.78 is 13.3. The van der Waals surface area contributed by atoms with Crippen LogP contribution in [0.25, 0.3) is 10.4 Å². The highest BCUT2D eigenvalue weighted by Gasteiger charge is 2.67. The molecule has 5 rings (SSSR count). The van der Waals surface area contributed by atoms with E-state index in [9.17, 15) is 0 Å². The zero-order valence-corrected chi connectivity index (χ0v) is 18.7. The van der Waals surface area contributed by atoms with Gasteiger partial charge in [0.1, 0.15) is 0 Å². The van der Waals surface area contributed by atoms with Gasteiger partial charge in [0, 0.05) is 11.0 Å². The van der Waals surface area contributed by atoms with Gasteiger partial charge in [-0.15, -0.1) is 0 Å². The van der Waals surface area contributed by atoms with E-state index in [-0.39, 0.29) is 23.7 Å². The Morgan fingerprint density at radius 3 is 2.48 bits per heavy atom. The van der Waals surface area contributed by atoms with Gasteiger partial charge in [0.2, 0.25) is 0 Å². The maximum atomic E-state index is 9.01. The van der Waals surface area contributed by atoms with Gasteiger partial charge in [0.25, 0.3) is 0 Å². The number of allylic oxidation sites excluding steroid dienone is 2. The molecule has 0 aromatic heterocycles. The third-order valence-electron chi connectivity index (χ3n) is 9.92. The molecule has 4 saturated carbocycles. The Kier molecular flexibility index (Phi) is 4.45. The van der Waals surface area contributed by atoms with Gasteiger partial charge < -0.3 is 9.47 Å². The van der Waals surface area contributed by atoms with Gasteiger partial charge >= 0.3 is 0 Å². The molecule has 4 aliphatic carbocycles. The Hall–Kier alpha value is -1.03. The van der Waals surface area contributed by atoms with E-state index in [1.165, 1.54) is 25.7 Å². The molecular weight excluding hydrogens is 362 g/mol. The zero-order valence-electron chi connectivity index (χ0n) is 18.7.